The standard InChI is InChI=1S/C30H30F2N6/c1-4-25-35-29-22(30(36-25)37-14-19-8-9-20(15-37)38(19)17(3)24-13-33-24)12-34-28(27(29)32)21-11-16(2)10-18-6-5-7-23(31)26(18)21/h5-7,10-12,19-20,24,33H,3-4,8-9,13-15H2,1-2H3. The number of rotatable bonds is 5. The fraction of sp³-hybridized carbons (Fsp3) is 0.367. The Balaban J connectivity index is 1.34. The predicted octanol–water partition coefficient (Wildman–Crippen LogP) is 5.13. The Hall–Kier alpha value is -3.65. The largest absolute Gasteiger partial charge is 0.364 e. The van der Waals surface area contributed by atoms with Gasteiger partial charge in [-0.3, -0.25) is 4.98 Å². The molecule has 3 aliphatic rings. The Bertz CT molecular complexity index is 1600. The number of nitrogens with zero attached hydrogens (tertiary/aromatic N) is 5. The van der Waals surface area contributed by atoms with E-state index in [9.17, 15) is 4.39 Å². The molecule has 0 aliphatic carbocycles. The van der Waals surface area contributed by atoms with Gasteiger partial charge in [-0.05, 0) is 42.8 Å². The van der Waals surface area contributed by atoms with Gasteiger partial charge in [-0.2, -0.15) is 0 Å². The zero-order valence-electron chi connectivity index (χ0n) is 21.6. The Morgan fingerprint density at radius 2 is 1.89 bits per heavy atom. The monoisotopic (exact) mass is 512 g/mol. The molecule has 2 aromatic heterocycles. The number of nitrogens with one attached hydrogen (secondary N) is 1. The molecule has 8 heteroatoms. The van der Waals surface area contributed by atoms with Crippen LogP contribution in [0, 0.1) is 18.6 Å². The van der Waals surface area contributed by atoms with Gasteiger partial charge in [0, 0.05) is 61.0 Å². The molecule has 0 spiro atoms. The SMILES string of the molecule is C=C(C1CN1)N1C2CCC1CN(c1nc(CC)nc3c(F)c(-c4cc(C)cc5cccc(F)c45)ncc13)C2. The first-order valence-electron chi connectivity index (χ1n) is 13.4. The summed E-state index contributed by atoms with van der Waals surface area (Å²) < 4.78 is 31.3. The van der Waals surface area contributed by atoms with Gasteiger partial charge in [0.25, 0.3) is 0 Å². The Morgan fingerprint density at radius 3 is 2.61 bits per heavy atom. The average molecular weight is 513 g/mol. The van der Waals surface area contributed by atoms with Gasteiger partial charge in [0.2, 0.25) is 0 Å². The number of aromatic nitrogens is 3. The van der Waals surface area contributed by atoms with Crippen molar-refractivity contribution in [1.82, 2.24) is 25.2 Å². The van der Waals surface area contributed by atoms with Gasteiger partial charge >= 0.3 is 0 Å². The van der Waals surface area contributed by atoms with E-state index in [1.54, 1.807) is 18.3 Å². The van der Waals surface area contributed by atoms with Crippen LogP contribution in [0.3, 0.4) is 0 Å². The molecular weight excluding hydrogens is 482 g/mol. The minimum Gasteiger partial charge on any atom is -0.364 e. The summed E-state index contributed by atoms with van der Waals surface area (Å²) in [5.41, 5.74) is 2.89. The molecule has 4 aromatic rings. The van der Waals surface area contributed by atoms with Gasteiger partial charge in [-0.15, -0.1) is 0 Å². The highest BCUT2D eigenvalue weighted by atomic mass is 19.1. The maximum atomic E-state index is 16.3. The van der Waals surface area contributed by atoms with Crippen LogP contribution >= 0.6 is 0 Å². The summed E-state index contributed by atoms with van der Waals surface area (Å²) >= 11 is 0. The lowest BCUT2D eigenvalue weighted by Crippen LogP contribution is -2.54. The molecule has 6 nitrogen and oxygen atoms in total. The van der Waals surface area contributed by atoms with Gasteiger partial charge < -0.3 is 15.1 Å². The van der Waals surface area contributed by atoms with Gasteiger partial charge in [0.05, 0.1) is 11.4 Å². The van der Waals surface area contributed by atoms with Crippen LogP contribution in [0.15, 0.2) is 48.8 Å². The molecule has 1 N–H and O–H groups in total. The molecule has 0 radical (unpaired) electrons. The number of fused-ring (bicyclic) bond motifs is 4. The summed E-state index contributed by atoms with van der Waals surface area (Å²) in [6, 6.07) is 9.72. The highest BCUT2D eigenvalue weighted by molar-refractivity contribution is 5.99. The first kappa shape index (κ1) is 23.5. The minimum atomic E-state index is -0.536. The maximum Gasteiger partial charge on any atom is 0.175 e. The fourth-order valence-electron chi connectivity index (χ4n) is 6.41. The van der Waals surface area contributed by atoms with E-state index in [1.807, 2.05) is 26.0 Å². The number of anilines is 1. The quantitative estimate of drug-likeness (QED) is 0.374. The normalized spacial score (nSPS) is 22.5. The van der Waals surface area contributed by atoms with Crippen molar-refractivity contribution < 1.29 is 8.78 Å². The summed E-state index contributed by atoms with van der Waals surface area (Å²) in [6.07, 6.45) is 4.47. The number of hydrogen-bond acceptors (Lipinski definition) is 6. The van der Waals surface area contributed by atoms with E-state index >= 15 is 4.39 Å². The maximum absolute atomic E-state index is 16.3. The van der Waals surface area contributed by atoms with E-state index < -0.39 is 11.6 Å². The van der Waals surface area contributed by atoms with Crippen molar-refractivity contribution in [2.75, 3.05) is 24.5 Å². The fourth-order valence-corrected chi connectivity index (χ4v) is 6.41. The summed E-state index contributed by atoms with van der Waals surface area (Å²) in [7, 11) is 0. The topological polar surface area (TPSA) is 67.1 Å². The van der Waals surface area contributed by atoms with Crippen LogP contribution in [0.25, 0.3) is 32.9 Å². The highest BCUT2D eigenvalue weighted by Gasteiger charge is 2.44. The van der Waals surface area contributed by atoms with Crippen LogP contribution in [-0.4, -0.2) is 57.6 Å². The van der Waals surface area contributed by atoms with Crippen LogP contribution < -0.4 is 10.2 Å². The molecule has 3 fully saturated rings. The van der Waals surface area contributed by atoms with E-state index in [0.717, 1.165) is 49.2 Å². The van der Waals surface area contributed by atoms with Crippen molar-refractivity contribution in [1.29, 1.82) is 0 Å². The molecule has 3 unspecified atom stereocenters. The number of benzene rings is 2. The molecular formula is C30H30F2N6. The third kappa shape index (κ3) is 3.65. The van der Waals surface area contributed by atoms with E-state index in [-0.39, 0.29) is 11.2 Å². The summed E-state index contributed by atoms with van der Waals surface area (Å²) in [6.45, 7) is 10.9. The van der Waals surface area contributed by atoms with Crippen molar-refractivity contribution in [2.24, 2.45) is 0 Å². The van der Waals surface area contributed by atoms with Gasteiger partial charge in [0.1, 0.15) is 28.7 Å². The van der Waals surface area contributed by atoms with Crippen molar-refractivity contribution in [2.45, 2.75) is 51.2 Å². The number of halogens is 2. The van der Waals surface area contributed by atoms with Crippen molar-refractivity contribution in [3.63, 3.8) is 0 Å². The number of hydrogen-bond donors (Lipinski definition) is 1. The lowest BCUT2D eigenvalue weighted by molar-refractivity contribution is 0.217. The van der Waals surface area contributed by atoms with Crippen LogP contribution in [0.2, 0.25) is 0 Å². The highest BCUT2D eigenvalue weighted by Crippen LogP contribution is 2.39. The molecule has 2 aromatic carbocycles. The minimum absolute atomic E-state index is 0.112. The van der Waals surface area contributed by atoms with Gasteiger partial charge in [0.15, 0.2) is 5.82 Å². The Labute approximate surface area is 220 Å². The van der Waals surface area contributed by atoms with Crippen LogP contribution in [0.4, 0.5) is 14.6 Å². The molecule has 3 atom stereocenters. The summed E-state index contributed by atoms with van der Waals surface area (Å²) in [5, 5.41) is 5.06. The van der Waals surface area contributed by atoms with Crippen molar-refractivity contribution in [3.8, 4) is 11.3 Å². The molecule has 0 amide bonds. The Morgan fingerprint density at radius 1 is 1.13 bits per heavy atom. The van der Waals surface area contributed by atoms with Crippen molar-refractivity contribution in [3.05, 3.63) is 71.8 Å². The average Bonchev–Trinajstić information content (AvgIpc) is 3.72. The van der Waals surface area contributed by atoms with Crippen molar-refractivity contribution >= 4 is 27.5 Å². The Kier molecular flexibility index (Phi) is 5.37. The number of pyridine rings is 1. The third-order valence-corrected chi connectivity index (χ3v) is 8.28. The van der Waals surface area contributed by atoms with Gasteiger partial charge in [-0.1, -0.05) is 31.7 Å². The van der Waals surface area contributed by atoms with E-state index in [2.05, 4.69) is 31.7 Å². The zero-order chi connectivity index (χ0) is 26.1. The second-order valence-corrected chi connectivity index (χ2v) is 10.8. The summed E-state index contributed by atoms with van der Waals surface area (Å²) in [4.78, 5) is 18.8. The molecule has 7 rings (SSSR count). The predicted molar refractivity (Wildman–Crippen MR) is 146 cm³/mol. The summed E-state index contributed by atoms with van der Waals surface area (Å²) in [5.74, 6) is 0.389. The second-order valence-electron chi connectivity index (χ2n) is 10.8. The van der Waals surface area contributed by atoms with E-state index in [4.69, 9.17) is 4.98 Å². The number of aryl methyl sites for hydroxylation is 2. The first-order valence-corrected chi connectivity index (χ1v) is 13.4. The molecule has 3 saturated heterocycles. The number of piperazine rings is 1. The van der Waals surface area contributed by atoms with Gasteiger partial charge in [-0.25, -0.2) is 18.7 Å². The van der Waals surface area contributed by atoms with E-state index in [1.165, 1.54) is 11.8 Å². The first-order chi connectivity index (χ1) is 18.4. The van der Waals surface area contributed by atoms with Crippen LogP contribution in [0.5, 0.6) is 0 Å². The van der Waals surface area contributed by atoms with E-state index in [0.29, 0.717) is 46.7 Å². The van der Waals surface area contributed by atoms with Crippen LogP contribution in [0.1, 0.15) is 31.2 Å². The zero-order valence-corrected chi connectivity index (χ0v) is 21.6. The molecule has 3 aliphatic heterocycles. The molecule has 2 bridgehead atoms. The molecule has 38 heavy (non-hydrogen) atoms. The lowest BCUT2D eigenvalue weighted by Gasteiger charge is -2.44. The molecule has 194 valence electrons. The lowest BCUT2D eigenvalue weighted by atomic mass is 9.97. The molecule has 0 saturated carbocycles. The van der Waals surface area contributed by atoms with Crippen LogP contribution in [-0.2, 0) is 6.42 Å². The molecule has 5 heterocycles. The smallest absolute Gasteiger partial charge is 0.175 e. The second kappa shape index (κ2) is 8.70. The third-order valence-electron chi connectivity index (χ3n) is 8.28.